The Labute approximate surface area is 111 Å². The van der Waals surface area contributed by atoms with Crippen LogP contribution in [-0.2, 0) is 6.54 Å². The molecule has 3 nitrogen and oxygen atoms in total. The molecule has 0 spiro atoms. The summed E-state index contributed by atoms with van der Waals surface area (Å²) in [4.78, 5) is 4.45. The predicted octanol–water partition coefficient (Wildman–Crippen LogP) is 4.06. The molecule has 0 aliphatic heterocycles. The molecule has 1 aromatic heterocycles. The Balaban J connectivity index is 1.88. The van der Waals surface area contributed by atoms with Gasteiger partial charge in [0.25, 0.3) is 0 Å². The van der Waals surface area contributed by atoms with Crippen molar-refractivity contribution in [1.29, 1.82) is 0 Å². The first-order chi connectivity index (χ1) is 8.61. The molecule has 18 heavy (non-hydrogen) atoms. The minimum absolute atomic E-state index is 0.538. The van der Waals surface area contributed by atoms with Gasteiger partial charge in [0.2, 0.25) is 5.95 Å². The van der Waals surface area contributed by atoms with Crippen LogP contribution in [0.5, 0.6) is 0 Å². The number of aryl methyl sites for hydroxylation is 1. The Kier molecular flexibility index (Phi) is 4.31. The fraction of sp³-hybridized carbons (Fsp3) is 0.800. The molecule has 3 heteroatoms. The van der Waals surface area contributed by atoms with Gasteiger partial charge >= 0.3 is 0 Å². The van der Waals surface area contributed by atoms with Gasteiger partial charge in [0.15, 0.2) is 0 Å². The number of nitrogens with zero attached hydrogens (tertiary/aromatic N) is 2. The molecule has 1 aromatic rings. The van der Waals surface area contributed by atoms with E-state index < -0.39 is 0 Å². The Hall–Kier alpha value is -0.990. The average Bonchev–Trinajstić information content (AvgIpc) is 2.77. The number of anilines is 1. The van der Waals surface area contributed by atoms with Gasteiger partial charge in [0, 0.05) is 25.0 Å². The van der Waals surface area contributed by atoms with Crippen molar-refractivity contribution in [1.82, 2.24) is 9.55 Å². The Morgan fingerprint density at radius 2 is 2.11 bits per heavy atom. The van der Waals surface area contributed by atoms with Gasteiger partial charge in [-0.05, 0) is 37.5 Å². The highest BCUT2D eigenvalue weighted by molar-refractivity contribution is 5.27. The van der Waals surface area contributed by atoms with Crippen molar-refractivity contribution in [3.8, 4) is 0 Å². The molecule has 0 unspecified atom stereocenters. The average molecular weight is 249 g/mol. The number of imidazole rings is 1. The first kappa shape index (κ1) is 13.4. The molecule has 102 valence electrons. The predicted molar refractivity (Wildman–Crippen MR) is 76.8 cm³/mol. The summed E-state index contributed by atoms with van der Waals surface area (Å²) in [6.07, 6.45) is 11.6. The number of nitrogens with one attached hydrogen (secondary N) is 1. The number of hydrogen-bond acceptors (Lipinski definition) is 2. The van der Waals surface area contributed by atoms with Gasteiger partial charge < -0.3 is 9.88 Å². The fourth-order valence-corrected chi connectivity index (χ4v) is 2.68. The van der Waals surface area contributed by atoms with Crippen LogP contribution in [0.4, 0.5) is 5.95 Å². The van der Waals surface area contributed by atoms with E-state index in [1.165, 1.54) is 38.5 Å². The van der Waals surface area contributed by atoms with Gasteiger partial charge in [-0.15, -0.1) is 0 Å². The van der Waals surface area contributed by atoms with E-state index in [-0.39, 0.29) is 0 Å². The van der Waals surface area contributed by atoms with Crippen LogP contribution in [0.1, 0.15) is 59.3 Å². The fourth-order valence-electron chi connectivity index (χ4n) is 2.68. The SMILES string of the molecule is CCCCn1ccnc1NC1CCC(C)(C)CC1. The van der Waals surface area contributed by atoms with Gasteiger partial charge in [-0.25, -0.2) is 4.98 Å². The molecule has 0 amide bonds. The lowest BCUT2D eigenvalue weighted by Gasteiger charge is -2.34. The third kappa shape index (κ3) is 3.50. The molecule has 0 saturated heterocycles. The molecule has 0 aromatic carbocycles. The van der Waals surface area contributed by atoms with Gasteiger partial charge in [-0.2, -0.15) is 0 Å². The molecule has 1 aliphatic rings. The third-order valence-electron chi connectivity index (χ3n) is 4.14. The standard InChI is InChI=1S/C15H27N3/c1-4-5-11-18-12-10-16-14(18)17-13-6-8-15(2,3)9-7-13/h10,12-13H,4-9,11H2,1-3H3,(H,16,17). The molecule has 0 bridgehead atoms. The zero-order chi connectivity index (χ0) is 13.0. The van der Waals surface area contributed by atoms with Gasteiger partial charge in [0.1, 0.15) is 0 Å². The quantitative estimate of drug-likeness (QED) is 0.852. The van der Waals surface area contributed by atoms with Crippen molar-refractivity contribution in [2.24, 2.45) is 5.41 Å². The minimum atomic E-state index is 0.538. The van der Waals surface area contributed by atoms with Crippen molar-refractivity contribution >= 4 is 5.95 Å². The summed E-state index contributed by atoms with van der Waals surface area (Å²) in [5, 5.41) is 3.63. The minimum Gasteiger partial charge on any atom is -0.353 e. The Morgan fingerprint density at radius 3 is 2.78 bits per heavy atom. The summed E-state index contributed by atoms with van der Waals surface area (Å²) < 4.78 is 2.25. The van der Waals surface area contributed by atoms with Crippen molar-refractivity contribution in [2.75, 3.05) is 5.32 Å². The third-order valence-corrected chi connectivity index (χ3v) is 4.14. The van der Waals surface area contributed by atoms with Crippen LogP contribution < -0.4 is 5.32 Å². The Morgan fingerprint density at radius 1 is 1.39 bits per heavy atom. The maximum Gasteiger partial charge on any atom is 0.202 e. The number of unbranched alkanes of at least 4 members (excludes halogenated alkanes) is 1. The van der Waals surface area contributed by atoms with E-state index in [9.17, 15) is 0 Å². The molecular formula is C15H27N3. The van der Waals surface area contributed by atoms with E-state index in [2.05, 4.69) is 41.8 Å². The molecule has 1 N–H and O–H groups in total. The van der Waals surface area contributed by atoms with E-state index in [0.29, 0.717) is 11.5 Å². The highest BCUT2D eigenvalue weighted by atomic mass is 15.2. The van der Waals surface area contributed by atoms with Gasteiger partial charge in [-0.3, -0.25) is 0 Å². The lowest BCUT2D eigenvalue weighted by atomic mass is 9.76. The highest BCUT2D eigenvalue weighted by Gasteiger charge is 2.27. The lowest BCUT2D eigenvalue weighted by Crippen LogP contribution is -2.30. The van der Waals surface area contributed by atoms with Crippen LogP contribution in [0.25, 0.3) is 0 Å². The van der Waals surface area contributed by atoms with Crippen LogP contribution in [0.15, 0.2) is 12.4 Å². The molecule has 0 atom stereocenters. The maximum atomic E-state index is 4.45. The van der Waals surface area contributed by atoms with Crippen LogP contribution in [0.2, 0.25) is 0 Å². The molecular weight excluding hydrogens is 222 g/mol. The van der Waals surface area contributed by atoms with Gasteiger partial charge in [-0.1, -0.05) is 27.2 Å². The lowest BCUT2D eigenvalue weighted by molar-refractivity contribution is 0.232. The second kappa shape index (κ2) is 5.77. The van der Waals surface area contributed by atoms with Crippen molar-refractivity contribution in [2.45, 2.75) is 71.9 Å². The molecule has 2 rings (SSSR count). The van der Waals surface area contributed by atoms with Crippen molar-refractivity contribution < 1.29 is 0 Å². The van der Waals surface area contributed by atoms with E-state index >= 15 is 0 Å². The summed E-state index contributed by atoms with van der Waals surface area (Å²) in [7, 11) is 0. The smallest absolute Gasteiger partial charge is 0.202 e. The number of rotatable bonds is 5. The van der Waals surface area contributed by atoms with Crippen LogP contribution in [-0.4, -0.2) is 15.6 Å². The Bertz CT molecular complexity index is 358. The normalized spacial score (nSPS) is 19.9. The monoisotopic (exact) mass is 249 g/mol. The summed E-state index contributed by atoms with van der Waals surface area (Å²) in [5.41, 5.74) is 0.538. The van der Waals surface area contributed by atoms with E-state index in [1.807, 2.05) is 6.20 Å². The summed E-state index contributed by atoms with van der Waals surface area (Å²) in [6, 6.07) is 0.612. The topological polar surface area (TPSA) is 29.9 Å². The highest BCUT2D eigenvalue weighted by Crippen LogP contribution is 2.35. The maximum absolute atomic E-state index is 4.45. The summed E-state index contributed by atoms with van der Waals surface area (Å²) >= 11 is 0. The zero-order valence-corrected chi connectivity index (χ0v) is 12.1. The first-order valence-corrected chi connectivity index (χ1v) is 7.38. The number of hydrogen-bond donors (Lipinski definition) is 1. The van der Waals surface area contributed by atoms with Crippen LogP contribution in [0, 0.1) is 5.41 Å². The van der Waals surface area contributed by atoms with E-state index in [1.54, 1.807) is 0 Å². The number of aromatic nitrogens is 2. The molecule has 1 fully saturated rings. The van der Waals surface area contributed by atoms with Crippen molar-refractivity contribution in [3.63, 3.8) is 0 Å². The summed E-state index contributed by atoms with van der Waals surface area (Å²) in [6.45, 7) is 8.07. The first-order valence-electron chi connectivity index (χ1n) is 7.38. The second-order valence-corrected chi connectivity index (χ2v) is 6.38. The van der Waals surface area contributed by atoms with Crippen molar-refractivity contribution in [3.05, 3.63) is 12.4 Å². The van der Waals surface area contributed by atoms with Crippen LogP contribution >= 0.6 is 0 Å². The molecule has 1 saturated carbocycles. The zero-order valence-electron chi connectivity index (χ0n) is 12.1. The second-order valence-electron chi connectivity index (χ2n) is 6.38. The largest absolute Gasteiger partial charge is 0.353 e. The van der Waals surface area contributed by atoms with Gasteiger partial charge in [0.05, 0.1) is 0 Å². The van der Waals surface area contributed by atoms with Crippen LogP contribution in [0.3, 0.4) is 0 Å². The molecule has 1 aliphatic carbocycles. The molecule has 1 heterocycles. The van der Waals surface area contributed by atoms with E-state index in [4.69, 9.17) is 0 Å². The summed E-state index contributed by atoms with van der Waals surface area (Å²) in [5.74, 6) is 1.06. The van der Waals surface area contributed by atoms with E-state index in [0.717, 1.165) is 12.5 Å². The molecule has 0 radical (unpaired) electrons.